The van der Waals surface area contributed by atoms with Gasteiger partial charge in [-0.05, 0) is 32.2 Å². The van der Waals surface area contributed by atoms with Crippen molar-refractivity contribution in [2.75, 3.05) is 19.7 Å². The summed E-state index contributed by atoms with van der Waals surface area (Å²) in [6.07, 6.45) is 0.426. The predicted molar refractivity (Wildman–Crippen MR) is 99.3 cm³/mol. The molecule has 13 heteroatoms. The maximum Gasteiger partial charge on any atom is 0.328 e. The molecule has 3 unspecified atom stereocenters. The van der Waals surface area contributed by atoms with Crippen LogP contribution in [0.5, 0.6) is 0 Å². The predicted octanol–water partition coefficient (Wildman–Crippen LogP) is -3.53. The minimum absolute atomic E-state index is 0.114. The fourth-order valence-corrected chi connectivity index (χ4v) is 2.28. The SMILES string of the molecule is NCCCCC(NC(=O)C(CCC(=O)O)NC(=O)CN)C(=O)NC(CO)C(=O)O. The summed E-state index contributed by atoms with van der Waals surface area (Å²) in [7, 11) is 0. The van der Waals surface area contributed by atoms with Gasteiger partial charge in [0.05, 0.1) is 13.2 Å². The molecule has 166 valence electrons. The molecule has 0 aromatic carbocycles. The van der Waals surface area contributed by atoms with Crippen LogP contribution < -0.4 is 27.4 Å². The van der Waals surface area contributed by atoms with Crippen molar-refractivity contribution in [3.8, 4) is 0 Å². The van der Waals surface area contributed by atoms with Crippen LogP contribution in [0.15, 0.2) is 0 Å². The van der Waals surface area contributed by atoms with E-state index in [1.807, 2.05) is 0 Å². The van der Waals surface area contributed by atoms with Crippen LogP contribution in [-0.4, -0.2) is 82.8 Å². The zero-order valence-electron chi connectivity index (χ0n) is 15.9. The molecule has 0 spiro atoms. The molecule has 3 amide bonds. The minimum Gasteiger partial charge on any atom is -0.481 e. The number of nitrogens with one attached hydrogen (secondary N) is 3. The van der Waals surface area contributed by atoms with Gasteiger partial charge in [-0.25, -0.2) is 4.79 Å². The maximum atomic E-state index is 12.5. The van der Waals surface area contributed by atoms with Crippen molar-refractivity contribution in [1.29, 1.82) is 0 Å². The molecule has 0 aromatic rings. The van der Waals surface area contributed by atoms with Gasteiger partial charge in [-0.3, -0.25) is 19.2 Å². The molecule has 0 saturated carbocycles. The number of carboxylic acid groups (broad SMARTS) is 2. The number of nitrogens with two attached hydrogens (primary N) is 2. The monoisotopic (exact) mass is 419 g/mol. The number of hydrogen-bond donors (Lipinski definition) is 8. The lowest BCUT2D eigenvalue weighted by molar-refractivity contribution is -0.143. The number of carboxylic acids is 2. The first-order valence-electron chi connectivity index (χ1n) is 9.01. The standard InChI is InChI=1S/C16H29N5O8/c17-6-2-1-3-9(14(26)21-11(8-22)16(28)29)20-15(27)10(4-5-13(24)25)19-12(23)7-18/h9-11,22H,1-8,17-18H2,(H,19,23)(H,20,27)(H,21,26)(H,24,25)(H,28,29). The number of aliphatic hydroxyl groups excluding tert-OH is 1. The summed E-state index contributed by atoms with van der Waals surface area (Å²) in [5.74, 6) is -5.00. The van der Waals surface area contributed by atoms with Gasteiger partial charge in [0.25, 0.3) is 0 Å². The number of carbonyl (C=O) groups is 5. The Morgan fingerprint density at radius 2 is 1.34 bits per heavy atom. The molecular formula is C16H29N5O8. The van der Waals surface area contributed by atoms with Gasteiger partial charge in [0, 0.05) is 6.42 Å². The van der Waals surface area contributed by atoms with Crippen molar-refractivity contribution in [3.05, 3.63) is 0 Å². The number of carbonyl (C=O) groups excluding carboxylic acids is 3. The summed E-state index contributed by atoms with van der Waals surface area (Å²) >= 11 is 0. The van der Waals surface area contributed by atoms with Crippen LogP contribution in [0.1, 0.15) is 32.1 Å². The van der Waals surface area contributed by atoms with Gasteiger partial charge in [0.15, 0.2) is 0 Å². The van der Waals surface area contributed by atoms with Gasteiger partial charge in [-0.15, -0.1) is 0 Å². The molecule has 0 rings (SSSR count). The molecule has 0 aromatic heterocycles. The number of amides is 3. The number of hydrogen-bond acceptors (Lipinski definition) is 8. The number of rotatable bonds is 15. The fraction of sp³-hybridized carbons (Fsp3) is 0.688. The van der Waals surface area contributed by atoms with E-state index in [-0.39, 0.29) is 12.8 Å². The summed E-state index contributed by atoms with van der Waals surface area (Å²) in [5.41, 5.74) is 10.6. The molecule has 0 radical (unpaired) electrons. The zero-order chi connectivity index (χ0) is 22.4. The van der Waals surface area contributed by atoms with E-state index in [1.54, 1.807) is 0 Å². The molecule has 0 aliphatic heterocycles. The Kier molecular flexibility index (Phi) is 12.9. The van der Waals surface area contributed by atoms with E-state index in [0.717, 1.165) is 0 Å². The van der Waals surface area contributed by atoms with E-state index in [0.29, 0.717) is 19.4 Å². The quantitative estimate of drug-likeness (QED) is 0.122. The smallest absolute Gasteiger partial charge is 0.328 e. The average Bonchev–Trinajstić information content (AvgIpc) is 2.67. The second-order valence-electron chi connectivity index (χ2n) is 6.18. The van der Waals surface area contributed by atoms with Crippen molar-refractivity contribution in [1.82, 2.24) is 16.0 Å². The van der Waals surface area contributed by atoms with Gasteiger partial charge < -0.3 is 42.7 Å². The Balaban J connectivity index is 5.27. The largest absolute Gasteiger partial charge is 0.481 e. The van der Waals surface area contributed by atoms with Crippen molar-refractivity contribution >= 4 is 29.7 Å². The summed E-state index contributed by atoms with van der Waals surface area (Å²) in [5, 5.41) is 33.6. The molecular weight excluding hydrogens is 390 g/mol. The molecule has 0 saturated heterocycles. The van der Waals surface area contributed by atoms with Gasteiger partial charge in [-0.2, -0.15) is 0 Å². The first-order chi connectivity index (χ1) is 13.7. The number of unbranched alkanes of at least 4 members (excludes halogenated alkanes) is 1. The van der Waals surface area contributed by atoms with Crippen LogP contribution in [0.4, 0.5) is 0 Å². The van der Waals surface area contributed by atoms with Crippen molar-refractivity contribution in [2.24, 2.45) is 11.5 Å². The Morgan fingerprint density at radius 3 is 1.79 bits per heavy atom. The first kappa shape index (κ1) is 26.2. The highest BCUT2D eigenvalue weighted by Crippen LogP contribution is 2.05. The van der Waals surface area contributed by atoms with Crippen molar-refractivity contribution in [2.45, 2.75) is 50.2 Å². The molecule has 0 heterocycles. The zero-order valence-corrected chi connectivity index (χ0v) is 15.9. The van der Waals surface area contributed by atoms with Gasteiger partial charge >= 0.3 is 11.9 Å². The van der Waals surface area contributed by atoms with Crippen molar-refractivity contribution < 1.29 is 39.3 Å². The molecule has 0 fully saturated rings. The summed E-state index contributed by atoms with van der Waals surface area (Å²) in [6.45, 7) is -0.934. The second kappa shape index (κ2) is 14.3. The molecule has 13 nitrogen and oxygen atoms in total. The van der Waals surface area contributed by atoms with E-state index in [4.69, 9.17) is 26.8 Å². The summed E-state index contributed by atoms with van der Waals surface area (Å²) < 4.78 is 0. The highest BCUT2D eigenvalue weighted by atomic mass is 16.4. The van der Waals surface area contributed by atoms with E-state index in [9.17, 15) is 24.0 Å². The lowest BCUT2D eigenvalue weighted by Crippen LogP contribution is -2.56. The van der Waals surface area contributed by atoms with Gasteiger partial charge in [0.2, 0.25) is 17.7 Å². The highest BCUT2D eigenvalue weighted by Gasteiger charge is 2.29. The highest BCUT2D eigenvalue weighted by molar-refractivity contribution is 5.93. The molecule has 3 atom stereocenters. The van der Waals surface area contributed by atoms with Crippen molar-refractivity contribution in [3.63, 3.8) is 0 Å². The molecule has 0 bridgehead atoms. The van der Waals surface area contributed by atoms with Crippen LogP contribution in [-0.2, 0) is 24.0 Å². The van der Waals surface area contributed by atoms with Gasteiger partial charge in [0.1, 0.15) is 18.1 Å². The average molecular weight is 419 g/mol. The second-order valence-corrected chi connectivity index (χ2v) is 6.18. The summed E-state index contributed by atoms with van der Waals surface area (Å²) in [6, 6.07) is -3.99. The van der Waals surface area contributed by atoms with Crippen LogP contribution in [0.3, 0.4) is 0 Å². The molecule has 0 aliphatic rings. The Labute approximate surface area is 167 Å². The first-order valence-corrected chi connectivity index (χ1v) is 9.01. The third-order valence-electron chi connectivity index (χ3n) is 3.86. The topological polar surface area (TPSA) is 234 Å². The fourth-order valence-electron chi connectivity index (χ4n) is 2.28. The van der Waals surface area contributed by atoms with Gasteiger partial charge in [-0.1, -0.05) is 0 Å². The molecule has 0 aliphatic carbocycles. The van der Waals surface area contributed by atoms with E-state index in [1.165, 1.54) is 0 Å². The number of aliphatic hydroxyl groups is 1. The Hall–Kier alpha value is -2.77. The molecule has 29 heavy (non-hydrogen) atoms. The van der Waals surface area contributed by atoms with Crippen LogP contribution in [0.2, 0.25) is 0 Å². The number of aliphatic carboxylic acids is 2. The normalized spacial score (nSPS) is 13.6. The maximum absolute atomic E-state index is 12.5. The third-order valence-corrected chi connectivity index (χ3v) is 3.86. The minimum atomic E-state index is -1.56. The summed E-state index contributed by atoms with van der Waals surface area (Å²) in [4.78, 5) is 58.2. The Bertz CT molecular complexity index is 586. The van der Waals surface area contributed by atoms with E-state index < -0.39 is 67.4 Å². The third kappa shape index (κ3) is 11.0. The van der Waals surface area contributed by atoms with E-state index >= 15 is 0 Å². The Morgan fingerprint density at radius 1 is 0.793 bits per heavy atom. The van der Waals surface area contributed by atoms with Crippen LogP contribution in [0, 0.1) is 0 Å². The van der Waals surface area contributed by atoms with Crippen LogP contribution in [0.25, 0.3) is 0 Å². The van der Waals surface area contributed by atoms with E-state index in [2.05, 4.69) is 16.0 Å². The molecule has 10 N–H and O–H groups in total. The van der Waals surface area contributed by atoms with Crippen LogP contribution >= 0.6 is 0 Å². The lowest BCUT2D eigenvalue weighted by atomic mass is 10.1. The lowest BCUT2D eigenvalue weighted by Gasteiger charge is -2.24.